The number of nitrogens with zero attached hydrogens (tertiary/aromatic N) is 6. The average Bonchev–Trinajstić information content (AvgIpc) is 3.24. The Morgan fingerprint density at radius 3 is 2.51 bits per heavy atom. The molecule has 35 heavy (non-hydrogen) atoms. The lowest BCUT2D eigenvalue weighted by Crippen LogP contribution is -2.13. The minimum atomic E-state index is -0.206. The molecule has 4 heterocycles. The Labute approximate surface area is 213 Å². The van der Waals surface area contributed by atoms with Crippen molar-refractivity contribution in [2.75, 3.05) is 18.2 Å². The van der Waals surface area contributed by atoms with Crippen LogP contribution < -0.4 is 15.8 Å². The third kappa shape index (κ3) is 4.71. The van der Waals surface area contributed by atoms with E-state index in [1.807, 2.05) is 49.4 Å². The topological polar surface area (TPSA) is 116 Å². The van der Waals surface area contributed by atoms with E-state index in [1.165, 1.54) is 6.33 Å². The summed E-state index contributed by atoms with van der Waals surface area (Å²) in [5.74, 6) is 1.42. The Morgan fingerprint density at radius 2 is 1.80 bits per heavy atom. The van der Waals surface area contributed by atoms with Crippen LogP contribution in [0.15, 0.2) is 67.3 Å². The van der Waals surface area contributed by atoms with E-state index in [2.05, 4.69) is 25.3 Å². The van der Waals surface area contributed by atoms with Crippen LogP contribution in [0.25, 0.3) is 28.0 Å². The lowest BCUT2D eigenvalue weighted by Gasteiger charge is -2.20. The van der Waals surface area contributed by atoms with E-state index in [0.29, 0.717) is 33.9 Å². The van der Waals surface area contributed by atoms with Crippen molar-refractivity contribution in [2.24, 2.45) is 0 Å². The number of hydrogen-bond donors (Lipinski definition) is 2. The normalized spacial score (nSPS) is 11.6. The van der Waals surface area contributed by atoms with E-state index < -0.39 is 0 Å². The molecule has 4 aromatic heterocycles. The fraction of sp³-hybridized carbons (Fsp3) is 0.125. The van der Waals surface area contributed by atoms with Crippen LogP contribution in [0.1, 0.15) is 18.5 Å². The molecule has 1 aromatic carbocycles. The van der Waals surface area contributed by atoms with Crippen molar-refractivity contribution in [2.45, 2.75) is 13.0 Å². The molecule has 1 atom stereocenters. The number of nitrogen functional groups attached to an aromatic ring is 1. The molecular formula is C24H23ClN8OS. The number of fused-ring (bicyclic) bond motifs is 1. The molecule has 5 aromatic rings. The van der Waals surface area contributed by atoms with Crippen molar-refractivity contribution in [1.29, 1.82) is 0 Å². The number of nitrogens with one attached hydrogen (secondary N) is 1. The zero-order valence-electron chi connectivity index (χ0n) is 19.0. The van der Waals surface area contributed by atoms with Gasteiger partial charge in [-0.1, -0.05) is 41.9 Å². The van der Waals surface area contributed by atoms with E-state index in [1.54, 1.807) is 30.1 Å². The lowest BCUT2D eigenvalue weighted by atomic mass is 10.0. The standard InChI is InChI=1S/C24H21ClN8O.H2S/c1-14(31-24-21(23(26)29-13-30-24)16-8-9-20(34-2)28-11-16)17-10-19-27-12-18(25)33(19)32-22(17)15-6-4-3-5-7-15;/h3-14H,1-2H3,(H3,26,29,30,31);1H2/t14-;/m0./s1. The Morgan fingerprint density at radius 1 is 1.00 bits per heavy atom. The number of halogens is 1. The van der Waals surface area contributed by atoms with Crippen LogP contribution in [0.2, 0.25) is 5.15 Å². The zero-order chi connectivity index (χ0) is 23.7. The van der Waals surface area contributed by atoms with E-state index in [9.17, 15) is 0 Å². The number of pyridine rings is 1. The molecule has 11 heteroatoms. The minimum Gasteiger partial charge on any atom is -0.481 e. The Bertz CT molecular complexity index is 1460. The molecule has 0 amide bonds. The molecule has 9 nitrogen and oxygen atoms in total. The SMILES string of the molecule is COc1ccc(-c2c(N)ncnc2N[C@@H](C)c2cc3ncc(Cl)n3nc2-c2ccccc2)cn1.S. The van der Waals surface area contributed by atoms with E-state index in [0.717, 1.165) is 22.4 Å². The number of methoxy groups -OCH3 is 1. The van der Waals surface area contributed by atoms with Crippen molar-refractivity contribution in [1.82, 2.24) is 29.5 Å². The minimum absolute atomic E-state index is 0. The van der Waals surface area contributed by atoms with Gasteiger partial charge in [0.25, 0.3) is 0 Å². The highest BCUT2D eigenvalue weighted by Crippen LogP contribution is 2.35. The maximum Gasteiger partial charge on any atom is 0.212 e. The van der Waals surface area contributed by atoms with Crippen LogP contribution in [0.4, 0.5) is 11.6 Å². The molecule has 5 rings (SSSR count). The fourth-order valence-electron chi connectivity index (χ4n) is 3.78. The van der Waals surface area contributed by atoms with Crippen molar-refractivity contribution >= 4 is 42.4 Å². The van der Waals surface area contributed by atoms with Crippen LogP contribution in [-0.2, 0) is 0 Å². The first-order chi connectivity index (χ1) is 16.5. The van der Waals surface area contributed by atoms with Gasteiger partial charge in [0.1, 0.15) is 18.0 Å². The van der Waals surface area contributed by atoms with Gasteiger partial charge in [-0.25, -0.2) is 24.5 Å². The summed E-state index contributed by atoms with van der Waals surface area (Å²) >= 11 is 6.30. The summed E-state index contributed by atoms with van der Waals surface area (Å²) in [5, 5.41) is 8.70. The number of nitrogens with two attached hydrogens (primary N) is 1. The molecule has 0 saturated heterocycles. The number of imidazole rings is 1. The summed E-state index contributed by atoms with van der Waals surface area (Å²) in [6.07, 6.45) is 4.69. The second-order valence-electron chi connectivity index (χ2n) is 7.60. The largest absolute Gasteiger partial charge is 0.481 e. The molecule has 0 bridgehead atoms. The molecule has 0 aliphatic carbocycles. The summed E-state index contributed by atoms with van der Waals surface area (Å²) in [7, 11) is 1.57. The van der Waals surface area contributed by atoms with Gasteiger partial charge < -0.3 is 15.8 Å². The number of hydrogen-bond acceptors (Lipinski definition) is 8. The average molecular weight is 507 g/mol. The van der Waals surface area contributed by atoms with Crippen molar-refractivity contribution in [3.05, 3.63) is 78.0 Å². The van der Waals surface area contributed by atoms with E-state index in [4.69, 9.17) is 27.2 Å². The quantitative estimate of drug-likeness (QED) is 0.338. The molecular weight excluding hydrogens is 484 g/mol. The van der Waals surface area contributed by atoms with Crippen molar-refractivity contribution in [3.8, 4) is 28.3 Å². The second kappa shape index (κ2) is 10.2. The molecule has 3 N–H and O–H groups in total. The number of anilines is 2. The molecule has 0 spiro atoms. The van der Waals surface area contributed by atoms with E-state index in [-0.39, 0.29) is 19.5 Å². The summed E-state index contributed by atoms with van der Waals surface area (Å²) < 4.78 is 6.79. The summed E-state index contributed by atoms with van der Waals surface area (Å²) in [6, 6.07) is 15.3. The van der Waals surface area contributed by atoms with Crippen LogP contribution in [0.3, 0.4) is 0 Å². The monoisotopic (exact) mass is 506 g/mol. The molecule has 0 radical (unpaired) electrons. The predicted molar refractivity (Wildman–Crippen MR) is 142 cm³/mol. The van der Waals surface area contributed by atoms with Gasteiger partial charge in [0.15, 0.2) is 10.8 Å². The van der Waals surface area contributed by atoms with E-state index >= 15 is 0 Å². The smallest absolute Gasteiger partial charge is 0.212 e. The summed E-state index contributed by atoms with van der Waals surface area (Å²) in [4.78, 5) is 17.3. The van der Waals surface area contributed by atoms with Gasteiger partial charge >= 0.3 is 0 Å². The Kier molecular flexibility index (Phi) is 7.04. The van der Waals surface area contributed by atoms with Crippen molar-refractivity contribution in [3.63, 3.8) is 0 Å². The number of benzene rings is 1. The van der Waals surface area contributed by atoms with Gasteiger partial charge in [-0.05, 0) is 19.1 Å². The first-order valence-electron chi connectivity index (χ1n) is 10.5. The molecule has 178 valence electrons. The molecule has 0 aliphatic heterocycles. The molecule has 0 fully saturated rings. The van der Waals surface area contributed by atoms with Crippen LogP contribution >= 0.6 is 25.1 Å². The first kappa shape index (κ1) is 24.2. The van der Waals surface area contributed by atoms with Crippen molar-refractivity contribution < 1.29 is 4.74 Å². The molecule has 0 aliphatic rings. The van der Waals surface area contributed by atoms with Crippen LogP contribution in [-0.4, -0.2) is 36.7 Å². The maximum absolute atomic E-state index is 6.30. The van der Waals surface area contributed by atoms with Gasteiger partial charge in [0.2, 0.25) is 5.88 Å². The summed E-state index contributed by atoms with van der Waals surface area (Å²) in [5.41, 5.74) is 11.0. The van der Waals surface area contributed by atoms with Gasteiger partial charge in [-0.15, -0.1) is 0 Å². The van der Waals surface area contributed by atoms with Gasteiger partial charge in [0, 0.05) is 29.0 Å². The molecule has 0 unspecified atom stereocenters. The highest BCUT2D eigenvalue weighted by Gasteiger charge is 2.20. The predicted octanol–water partition coefficient (Wildman–Crippen LogP) is 4.78. The number of rotatable bonds is 6. The maximum atomic E-state index is 6.30. The highest BCUT2D eigenvalue weighted by molar-refractivity contribution is 7.59. The lowest BCUT2D eigenvalue weighted by molar-refractivity contribution is 0.398. The summed E-state index contributed by atoms with van der Waals surface area (Å²) in [6.45, 7) is 2.03. The third-order valence-corrected chi connectivity index (χ3v) is 5.72. The second-order valence-corrected chi connectivity index (χ2v) is 7.99. The number of ether oxygens (including phenoxy) is 1. The number of aromatic nitrogens is 6. The van der Waals surface area contributed by atoms with Crippen LogP contribution in [0, 0.1) is 0 Å². The Hall–Kier alpha value is -3.89. The van der Waals surface area contributed by atoms with Gasteiger partial charge in [0.05, 0.1) is 30.6 Å². The van der Waals surface area contributed by atoms with Gasteiger partial charge in [-0.2, -0.15) is 18.6 Å². The van der Waals surface area contributed by atoms with Gasteiger partial charge in [-0.3, -0.25) is 0 Å². The third-order valence-electron chi connectivity index (χ3n) is 5.46. The van der Waals surface area contributed by atoms with Crippen LogP contribution in [0.5, 0.6) is 5.88 Å². The Balaban J connectivity index is 0.00000289. The highest BCUT2D eigenvalue weighted by atomic mass is 35.5. The zero-order valence-corrected chi connectivity index (χ0v) is 20.7. The fourth-order valence-corrected chi connectivity index (χ4v) is 3.95. The first-order valence-corrected chi connectivity index (χ1v) is 10.9. The molecule has 0 saturated carbocycles.